The van der Waals surface area contributed by atoms with E-state index in [2.05, 4.69) is 10.3 Å². The highest BCUT2D eigenvalue weighted by atomic mass is 16.2. The molecule has 1 rings (SSSR count). The molecule has 1 atom stereocenters. The molecule has 0 aliphatic rings. The summed E-state index contributed by atoms with van der Waals surface area (Å²) in [5.74, 6) is 0.281. The van der Waals surface area contributed by atoms with Crippen LogP contribution >= 0.6 is 0 Å². The van der Waals surface area contributed by atoms with E-state index in [0.29, 0.717) is 5.82 Å². The molecule has 0 aliphatic heterocycles. The molecule has 1 aromatic heterocycles. The van der Waals surface area contributed by atoms with Crippen LogP contribution in [-0.4, -0.2) is 39.9 Å². The molecule has 1 amide bonds. The highest BCUT2D eigenvalue weighted by Crippen LogP contribution is 2.07. The van der Waals surface area contributed by atoms with Crippen molar-refractivity contribution in [2.24, 2.45) is 0 Å². The van der Waals surface area contributed by atoms with Crippen LogP contribution in [0, 0.1) is 0 Å². The van der Waals surface area contributed by atoms with Crippen LogP contribution < -0.4 is 5.73 Å². The normalized spacial score (nSPS) is 12.5. The second-order valence-electron chi connectivity index (χ2n) is 3.03. The number of amides is 1. The van der Waals surface area contributed by atoms with Gasteiger partial charge in [0.15, 0.2) is 5.82 Å². The second kappa shape index (κ2) is 3.42. The SMILES string of the molecule is CC(C(=O)N(C)C)n1cc(N)nn1. The first kappa shape index (κ1) is 9.50. The average Bonchev–Trinajstić information content (AvgIpc) is 2.49. The topological polar surface area (TPSA) is 77.0 Å². The lowest BCUT2D eigenvalue weighted by Gasteiger charge is -2.15. The van der Waals surface area contributed by atoms with Crippen LogP contribution in [0.15, 0.2) is 6.20 Å². The molecule has 0 radical (unpaired) electrons. The van der Waals surface area contributed by atoms with Crippen LogP contribution in [0.25, 0.3) is 0 Å². The van der Waals surface area contributed by atoms with Gasteiger partial charge in [-0.2, -0.15) is 0 Å². The number of carbonyl (C=O) groups is 1. The Bertz CT molecular complexity index is 306. The highest BCUT2D eigenvalue weighted by molar-refractivity contribution is 5.79. The molecule has 0 fully saturated rings. The summed E-state index contributed by atoms with van der Waals surface area (Å²) in [6.45, 7) is 1.75. The number of carbonyl (C=O) groups excluding carboxylic acids is 1. The smallest absolute Gasteiger partial charge is 0.246 e. The first-order chi connectivity index (χ1) is 6.02. The molecule has 0 saturated heterocycles. The fourth-order valence-corrected chi connectivity index (χ4v) is 0.967. The van der Waals surface area contributed by atoms with E-state index < -0.39 is 0 Å². The largest absolute Gasteiger partial charge is 0.381 e. The standard InChI is InChI=1S/C7H13N5O/c1-5(7(13)11(2)3)12-4-6(8)9-10-12/h4-5H,8H2,1-3H3. The van der Waals surface area contributed by atoms with Crippen LogP contribution in [-0.2, 0) is 4.79 Å². The Morgan fingerprint density at radius 1 is 1.69 bits per heavy atom. The summed E-state index contributed by atoms with van der Waals surface area (Å²) in [6, 6.07) is -0.361. The van der Waals surface area contributed by atoms with Crippen LogP contribution in [0.3, 0.4) is 0 Å². The Morgan fingerprint density at radius 3 is 2.69 bits per heavy atom. The Morgan fingerprint density at radius 2 is 2.31 bits per heavy atom. The summed E-state index contributed by atoms with van der Waals surface area (Å²) < 4.78 is 1.44. The summed E-state index contributed by atoms with van der Waals surface area (Å²) in [6.07, 6.45) is 1.53. The monoisotopic (exact) mass is 183 g/mol. The molecule has 2 N–H and O–H groups in total. The van der Waals surface area contributed by atoms with E-state index in [4.69, 9.17) is 5.73 Å². The molecular formula is C7H13N5O. The van der Waals surface area contributed by atoms with Crippen molar-refractivity contribution in [2.45, 2.75) is 13.0 Å². The molecule has 13 heavy (non-hydrogen) atoms. The molecule has 1 heterocycles. The minimum atomic E-state index is -0.361. The third-order valence-electron chi connectivity index (χ3n) is 1.72. The number of rotatable bonds is 2. The fourth-order valence-electron chi connectivity index (χ4n) is 0.967. The van der Waals surface area contributed by atoms with Crippen molar-refractivity contribution in [1.82, 2.24) is 19.9 Å². The van der Waals surface area contributed by atoms with Gasteiger partial charge >= 0.3 is 0 Å². The lowest BCUT2D eigenvalue weighted by molar-refractivity contribution is -0.132. The molecule has 1 unspecified atom stereocenters. The average molecular weight is 183 g/mol. The summed E-state index contributed by atoms with van der Waals surface area (Å²) in [5, 5.41) is 7.31. The van der Waals surface area contributed by atoms with Crippen molar-refractivity contribution in [2.75, 3.05) is 19.8 Å². The highest BCUT2D eigenvalue weighted by Gasteiger charge is 2.17. The van der Waals surface area contributed by atoms with Gasteiger partial charge in [-0.3, -0.25) is 4.79 Å². The van der Waals surface area contributed by atoms with Gasteiger partial charge in [-0.25, -0.2) is 4.68 Å². The Hall–Kier alpha value is -1.59. The van der Waals surface area contributed by atoms with Crippen LogP contribution in [0.2, 0.25) is 0 Å². The zero-order valence-electron chi connectivity index (χ0n) is 7.93. The quantitative estimate of drug-likeness (QED) is 0.671. The third kappa shape index (κ3) is 1.95. The van der Waals surface area contributed by atoms with E-state index in [1.807, 2.05) is 0 Å². The Kier molecular flexibility index (Phi) is 2.50. The van der Waals surface area contributed by atoms with Crippen LogP contribution in [0.1, 0.15) is 13.0 Å². The zero-order chi connectivity index (χ0) is 10.0. The zero-order valence-corrected chi connectivity index (χ0v) is 7.93. The van der Waals surface area contributed by atoms with Gasteiger partial charge in [0.25, 0.3) is 0 Å². The molecule has 0 bridgehead atoms. The minimum absolute atomic E-state index is 0.0371. The van der Waals surface area contributed by atoms with E-state index in [-0.39, 0.29) is 11.9 Å². The molecule has 1 aromatic rings. The van der Waals surface area contributed by atoms with Gasteiger partial charge in [0.1, 0.15) is 6.04 Å². The molecule has 72 valence electrons. The summed E-state index contributed by atoms with van der Waals surface area (Å²) in [4.78, 5) is 13.0. The molecule has 0 spiro atoms. The molecular weight excluding hydrogens is 170 g/mol. The maximum absolute atomic E-state index is 11.4. The number of nitrogens with two attached hydrogens (primary N) is 1. The fraction of sp³-hybridized carbons (Fsp3) is 0.571. The Balaban J connectivity index is 2.79. The summed E-state index contributed by atoms with van der Waals surface area (Å²) in [5.41, 5.74) is 5.37. The van der Waals surface area contributed by atoms with Crippen molar-refractivity contribution in [3.8, 4) is 0 Å². The van der Waals surface area contributed by atoms with Gasteiger partial charge in [0.2, 0.25) is 5.91 Å². The molecule has 6 nitrogen and oxygen atoms in total. The number of hydrogen-bond donors (Lipinski definition) is 1. The second-order valence-corrected chi connectivity index (χ2v) is 3.03. The first-order valence-corrected chi connectivity index (χ1v) is 3.91. The number of nitrogens with zero attached hydrogens (tertiary/aromatic N) is 4. The molecule has 0 aromatic carbocycles. The van der Waals surface area contributed by atoms with E-state index in [1.54, 1.807) is 21.0 Å². The molecule has 6 heteroatoms. The van der Waals surface area contributed by atoms with Crippen molar-refractivity contribution in [1.29, 1.82) is 0 Å². The van der Waals surface area contributed by atoms with Crippen molar-refractivity contribution < 1.29 is 4.79 Å². The summed E-state index contributed by atoms with van der Waals surface area (Å²) >= 11 is 0. The van der Waals surface area contributed by atoms with Crippen LogP contribution in [0.4, 0.5) is 5.82 Å². The number of likely N-dealkylation sites (N-methyl/N-ethyl adjacent to an activating group) is 1. The Labute approximate surface area is 76.3 Å². The number of hydrogen-bond acceptors (Lipinski definition) is 4. The van der Waals surface area contributed by atoms with E-state index in [9.17, 15) is 4.79 Å². The van der Waals surface area contributed by atoms with Crippen molar-refractivity contribution >= 4 is 11.7 Å². The van der Waals surface area contributed by atoms with Gasteiger partial charge < -0.3 is 10.6 Å². The maximum atomic E-state index is 11.4. The lowest BCUT2D eigenvalue weighted by atomic mass is 10.3. The summed E-state index contributed by atoms with van der Waals surface area (Å²) in [7, 11) is 3.39. The van der Waals surface area contributed by atoms with Gasteiger partial charge in [-0.15, -0.1) is 5.10 Å². The van der Waals surface area contributed by atoms with Gasteiger partial charge in [-0.1, -0.05) is 5.21 Å². The van der Waals surface area contributed by atoms with Crippen LogP contribution in [0.5, 0.6) is 0 Å². The van der Waals surface area contributed by atoms with Crippen molar-refractivity contribution in [3.63, 3.8) is 0 Å². The predicted molar refractivity (Wildman–Crippen MR) is 47.8 cm³/mol. The van der Waals surface area contributed by atoms with Gasteiger partial charge in [0.05, 0.1) is 6.20 Å². The number of aromatic nitrogens is 3. The van der Waals surface area contributed by atoms with Gasteiger partial charge in [-0.05, 0) is 6.92 Å². The van der Waals surface area contributed by atoms with E-state index >= 15 is 0 Å². The number of nitrogen functional groups attached to an aromatic ring is 1. The lowest BCUT2D eigenvalue weighted by Crippen LogP contribution is -2.30. The first-order valence-electron chi connectivity index (χ1n) is 3.91. The van der Waals surface area contributed by atoms with E-state index in [1.165, 1.54) is 15.8 Å². The van der Waals surface area contributed by atoms with Gasteiger partial charge in [0, 0.05) is 14.1 Å². The minimum Gasteiger partial charge on any atom is -0.381 e. The maximum Gasteiger partial charge on any atom is 0.246 e. The molecule has 0 saturated carbocycles. The van der Waals surface area contributed by atoms with Crippen molar-refractivity contribution in [3.05, 3.63) is 6.20 Å². The predicted octanol–water partition coefficient (Wildman–Crippen LogP) is -0.491. The third-order valence-corrected chi connectivity index (χ3v) is 1.72. The number of anilines is 1. The molecule has 0 aliphatic carbocycles. The van der Waals surface area contributed by atoms with E-state index in [0.717, 1.165) is 0 Å².